The highest BCUT2D eigenvalue weighted by atomic mass is 16.4. The Morgan fingerprint density at radius 3 is 2.82 bits per heavy atom. The van der Waals surface area contributed by atoms with Crippen LogP contribution in [-0.2, 0) is 0 Å². The maximum absolute atomic E-state index is 11.1. The van der Waals surface area contributed by atoms with E-state index < -0.39 is 5.97 Å². The minimum atomic E-state index is -1.10. The molecule has 0 amide bonds. The van der Waals surface area contributed by atoms with E-state index in [0.29, 0.717) is 11.6 Å². The van der Waals surface area contributed by atoms with Crippen LogP contribution in [0.1, 0.15) is 36.3 Å². The molecule has 0 saturated carbocycles. The SMILES string of the molecule is Cc1nc(C(=O)O)c(-c2ccnn2C(C)C)o1. The van der Waals surface area contributed by atoms with Gasteiger partial charge in [0, 0.05) is 19.2 Å². The lowest BCUT2D eigenvalue weighted by Gasteiger charge is -2.08. The minimum Gasteiger partial charge on any atom is -0.476 e. The molecule has 0 bridgehead atoms. The van der Waals surface area contributed by atoms with Crippen LogP contribution in [0, 0.1) is 6.92 Å². The fourth-order valence-electron chi connectivity index (χ4n) is 1.65. The van der Waals surface area contributed by atoms with E-state index in [1.807, 2.05) is 13.8 Å². The number of aryl methyl sites for hydroxylation is 1. The van der Waals surface area contributed by atoms with Crippen LogP contribution in [0.3, 0.4) is 0 Å². The third kappa shape index (κ3) is 1.93. The molecule has 2 aromatic rings. The summed E-state index contributed by atoms with van der Waals surface area (Å²) >= 11 is 0. The van der Waals surface area contributed by atoms with Gasteiger partial charge >= 0.3 is 5.97 Å². The van der Waals surface area contributed by atoms with Gasteiger partial charge in [0.1, 0.15) is 5.69 Å². The van der Waals surface area contributed by atoms with Crippen molar-refractivity contribution in [1.29, 1.82) is 0 Å². The average molecular weight is 235 g/mol. The number of aromatic carboxylic acids is 1. The lowest BCUT2D eigenvalue weighted by atomic mass is 10.2. The Morgan fingerprint density at radius 1 is 1.53 bits per heavy atom. The van der Waals surface area contributed by atoms with E-state index in [-0.39, 0.29) is 17.5 Å². The minimum absolute atomic E-state index is 0.0788. The summed E-state index contributed by atoms with van der Waals surface area (Å²) in [7, 11) is 0. The molecule has 6 heteroatoms. The number of nitrogens with zero attached hydrogens (tertiary/aromatic N) is 3. The maximum Gasteiger partial charge on any atom is 0.358 e. The van der Waals surface area contributed by atoms with Gasteiger partial charge in [0.05, 0.1) is 0 Å². The highest BCUT2D eigenvalue weighted by molar-refractivity contribution is 5.91. The van der Waals surface area contributed by atoms with Gasteiger partial charge in [-0.15, -0.1) is 0 Å². The van der Waals surface area contributed by atoms with Crippen LogP contribution in [0.5, 0.6) is 0 Å². The van der Waals surface area contributed by atoms with Crippen molar-refractivity contribution in [1.82, 2.24) is 14.8 Å². The normalized spacial score (nSPS) is 11.1. The molecule has 6 nitrogen and oxygen atoms in total. The molecule has 2 aromatic heterocycles. The number of carboxylic acid groups (broad SMARTS) is 1. The smallest absolute Gasteiger partial charge is 0.358 e. The monoisotopic (exact) mass is 235 g/mol. The molecule has 0 aliphatic rings. The molecule has 90 valence electrons. The first-order valence-corrected chi connectivity index (χ1v) is 5.25. The van der Waals surface area contributed by atoms with E-state index in [2.05, 4.69) is 10.1 Å². The summed E-state index contributed by atoms with van der Waals surface area (Å²) in [5.74, 6) is -0.525. The number of carbonyl (C=O) groups is 1. The van der Waals surface area contributed by atoms with Crippen molar-refractivity contribution in [3.63, 3.8) is 0 Å². The van der Waals surface area contributed by atoms with Gasteiger partial charge in [0.2, 0.25) is 0 Å². The second-order valence-electron chi connectivity index (χ2n) is 3.97. The number of hydrogen-bond acceptors (Lipinski definition) is 4. The lowest BCUT2D eigenvalue weighted by Crippen LogP contribution is -2.06. The van der Waals surface area contributed by atoms with Crippen LogP contribution in [0.15, 0.2) is 16.7 Å². The summed E-state index contributed by atoms with van der Waals surface area (Å²) in [4.78, 5) is 14.9. The molecule has 0 atom stereocenters. The third-order valence-corrected chi connectivity index (χ3v) is 2.33. The van der Waals surface area contributed by atoms with Crippen LogP contribution >= 0.6 is 0 Å². The van der Waals surface area contributed by atoms with E-state index >= 15 is 0 Å². The van der Waals surface area contributed by atoms with Gasteiger partial charge < -0.3 is 9.52 Å². The van der Waals surface area contributed by atoms with Crippen LogP contribution in [0.25, 0.3) is 11.5 Å². The number of hydrogen-bond donors (Lipinski definition) is 1. The molecule has 0 radical (unpaired) electrons. The summed E-state index contributed by atoms with van der Waals surface area (Å²) in [6.45, 7) is 5.53. The predicted molar refractivity (Wildman–Crippen MR) is 59.8 cm³/mol. The van der Waals surface area contributed by atoms with Crippen molar-refractivity contribution in [3.05, 3.63) is 23.8 Å². The zero-order valence-electron chi connectivity index (χ0n) is 9.84. The number of aromatic nitrogens is 3. The quantitative estimate of drug-likeness (QED) is 0.881. The number of oxazole rings is 1. The molecule has 2 rings (SSSR count). The van der Waals surface area contributed by atoms with Crippen molar-refractivity contribution in [2.24, 2.45) is 0 Å². The number of carboxylic acids is 1. The predicted octanol–water partition coefficient (Wildman–Crippen LogP) is 2.13. The van der Waals surface area contributed by atoms with Gasteiger partial charge in [-0.2, -0.15) is 5.10 Å². The fourth-order valence-corrected chi connectivity index (χ4v) is 1.65. The molecular formula is C11H13N3O3. The van der Waals surface area contributed by atoms with E-state index in [1.165, 1.54) is 0 Å². The van der Waals surface area contributed by atoms with Crippen LogP contribution in [0.4, 0.5) is 0 Å². The van der Waals surface area contributed by atoms with Crippen molar-refractivity contribution in [2.75, 3.05) is 0 Å². The maximum atomic E-state index is 11.1. The molecule has 0 aromatic carbocycles. The van der Waals surface area contributed by atoms with Crippen molar-refractivity contribution in [2.45, 2.75) is 26.8 Å². The molecule has 0 fully saturated rings. The molecule has 0 unspecified atom stereocenters. The fraction of sp³-hybridized carbons (Fsp3) is 0.364. The summed E-state index contributed by atoms with van der Waals surface area (Å²) in [6, 6.07) is 1.83. The summed E-state index contributed by atoms with van der Waals surface area (Å²) < 4.78 is 7.06. The largest absolute Gasteiger partial charge is 0.476 e. The molecule has 0 spiro atoms. The van der Waals surface area contributed by atoms with E-state index in [4.69, 9.17) is 9.52 Å². The first-order chi connectivity index (χ1) is 8.00. The Labute approximate surface area is 97.9 Å². The van der Waals surface area contributed by atoms with Gasteiger partial charge in [-0.1, -0.05) is 0 Å². The molecule has 0 aliphatic carbocycles. The van der Waals surface area contributed by atoms with E-state index in [1.54, 1.807) is 23.9 Å². The van der Waals surface area contributed by atoms with Crippen LogP contribution < -0.4 is 0 Å². The van der Waals surface area contributed by atoms with Gasteiger partial charge in [-0.25, -0.2) is 9.78 Å². The number of rotatable bonds is 3. The van der Waals surface area contributed by atoms with E-state index in [0.717, 1.165) is 0 Å². The standard InChI is InChI=1S/C11H13N3O3/c1-6(2)14-8(4-5-12-14)10-9(11(15)16)13-7(3)17-10/h4-6H,1-3H3,(H,15,16). The van der Waals surface area contributed by atoms with Crippen molar-refractivity contribution < 1.29 is 14.3 Å². The first-order valence-electron chi connectivity index (χ1n) is 5.25. The Morgan fingerprint density at radius 2 is 2.24 bits per heavy atom. The summed E-state index contributed by atoms with van der Waals surface area (Å²) in [5.41, 5.74) is 0.544. The van der Waals surface area contributed by atoms with Gasteiger partial charge in [-0.05, 0) is 19.9 Å². The summed E-state index contributed by atoms with van der Waals surface area (Å²) in [6.07, 6.45) is 1.61. The lowest BCUT2D eigenvalue weighted by molar-refractivity contribution is 0.0691. The Hall–Kier alpha value is -2.11. The van der Waals surface area contributed by atoms with Gasteiger partial charge in [0.15, 0.2) is 17.3 Å². The van der Waals surface area contributed by atoms with Crippen LogP contribution in [-0.4, -0.2) is 25.8 Å². The van der Waals surface area contributed by atoms with Crippen LogP contribution in [0.2, 0.25) is 0 Å². The Kier molecular flexibility index (Phi) is 2.71. The highest BCUT2D eigenvalue weighted by Gasteiger charge is 2.22. The second kappa shape index (κ2) is 4.04. The Balaban J connectivity index is 2.60. The molecule has 1 N–H and O–H groups in total. The molecule has 2 heterocycles. The second-order valence-corrected chi connectivity index (χ2v) is 3.97. The molecular weight excluding hydrogens is 222 g/mol. The van der Waals surface area contributed by atoms with Crippen molar-refractivity contribution in [3.8, 4) is 11.5 Å². The molecule has 0 saturated heterocycles. The highest BCUT2D eigenvalue weighted by Crippen LogP contribution is 2.26. The van der Waals surface area contributed by atoms with E-state index in [9.17, 15) is 4.79 Å². The zero-order chi connectivity index (χ0) is 12.6. The first kappa shape index (κ1) is 11.4. The molecule has 0 aliphatic heterocycles. The van der Waals surface area contributed by atoms with Gasteiger partial charge in [0.25, 0.3) is 0 Å². The third-order valence-electron chi connectivity index (χ3n) is 2.33. The molecule has 17 heavy (non-hydrogen) atoms. The zero-order valence-corrected chi connectivity index (χ0v) is 9.84. The Bertz CT molecular complexity index is 554. The topological polar surface area (TPSA) is 81.1 Å². The van der Waals surface area contributed by atoms with Gasteiger partial charge in [-0.3, -0.25) is 4.68 Å². The summed E-state index contributed by atoms with van der Waals surface area (Å²) in [5, 5.41) is 13.2. The van der Waals surface area contributed by atoms with Crippen molar-refractivity contribution >= 4 is 5.97 Å². The average Bonchev–Trinajstić information content (AvgIpc) is 2.82.